The molecule has 2 heterocycles. The molecule has 3 aliphatic rings. The molecule has 2 atom stereocenters. The lowest BCUT2D eigenvalue weighted by atomic mass is 9.67. The number of fused-ring (bicyclic) bond motifs is 1. The summed E-state index contributed by atoms with van der Waals surface area (Å²) in [5, 5.41) is 6.56. The summed E-state index contributed by atoms with van der Waals surface area (Å²) in [6.45, 7) is 2.73. The Kier molecular flexibility index (Phi) is 4.69. The molecule has 3 fully saturated rings. The van der Waals surface area contributed by atoms with E-state index in [1.165, 1.54) is 6.42 Å². The van der Waals surface area contributed by atoms with E-state index in [1.807, 2.05) is 24.3 Å². The van der Waals surface area contributed by atoms with Crippen molar-refractivity contribution in [3.8, 4) is 0 Å². The molecular weight excluding hydrogens is 350 g/mol. The maximum absolute atomic E-state index is 13.1. The summed E-state index contributed by atoms with van der Waals surface area (Å²) in [6.07, 6.45) is 4.42. The minimum absolute atomic E-state index is 0.130. The molecule has 1 aliphatic carbocycles. The van der Waals surface area contributed by atoms with Gasteiger partial charge in [0.25, 0.3) is 0 Å². The third-order valence-corrected chi connectivity index (χ3v) is 7.91. The Morgan fingerprint density at radius 1 is 1.23 bits per heavy atom. The molecule has 2 saturated heterocycles. The van der Waals surface area contributed by atoms with Crippen LogP contribution < -0.4 is 15.5 Å². The van der Waals surface area contributed by atoms with Gasteiger partial charge in [0.1, 0.15) is 0 Å². The van der Waals surface area contributed by atoms with Crippen LogP contribution in [0.4, 0.5) is 11.4 Å². The number of benzene rings is 1. The predicted octanol–water partition coefficient (Wildman–Crippen LogP) is 1.64. The van der Waals surface area contributed by atoms with E-state index < -0.39 is 9.84 Å². The SMILES string of the molecule is O=C(Nc1cccc(N2CCS(=O)(=O)CC2)c1)[C@@]12CCCC[C@H]1CNC2. The van der Waals surface area contributed by atoms with E-state index in [0.717, 1.165) is 43.7 Å². The van der Waals surface area contributed by atoms with E-state index >= 15 is 0 Å². The Bertz CT molecular complexity index is 781. The van der Waals surface area contributed by atoms with Gasteiger partial charge in [-0.25, -0.2) is 8.42 Å². The number of nitrogens with zero attached hydrogens (tertiary/aromatic N) is 1. The fourth-order valence-corrected chi connectivity index (χ4v) is 5.90. The molecular formula is C19H27N3O3S. The molecule has 0 spiro atoms. The van der Waals surface area contributed by atoms with Gasteiger partial charge < -0.3 is 15.5 Å². The molecule has 1 amide bonds. The predicted molar refractivity (Wildman–Crippen MR) is 103 cm³/mol. The summed E-state index contributed by atoms with van der Waals surface area (Å²) in [7, 11) is -2.90. The first-order valence-corrected chi connectivity index (χ1v) is 11.4. The van der Waals surface area contributed by atoms with Gasteiger partial charge >= 0.3 is 0 Å². The number of anilines is 2. The highest BCUT2D eigenvalue weighted by Gasteiger charge is 2.49. The third kappa shape index (κ3) is 3.34. The highest BCUT2D eigenvalue weighted by atomic mass is 32.2. The average Bonchev–Trinajstić information content (AvgIpc) is 3.07. The summed E-state index contributed by atoms with van der Waals surface area (Å²) in [6, 6.07) is 7.79. The average molecular weight is 378 g/mol. The van der Waals surface area contributed by atoms with E-state index in [4.69, 9.17) is 0 Å². The first-order chi connectivity index (χ1) is 12.5. The number of carbonyl (C=O) groups is 1. The number of hydrogen-bond acceptors (Lipinski definition) is 5. The fraction of sp³-hybridized carbons (Fsp3) is 0.632. The summed E-state index contributed by atoms with van der Waals surface area (Å²) in [5.74, 6) is 0.956. The van der Waals surface area contributed by atoms with Gasteiger partial charge in [-0.2, -0.15) is 0 Å². The van der Waals surface area contributed by atoms with Crippen LogP contribution in [0, 0.1) is 11.3 Å². The molecule has 1 saturated carbocycles. The van der Waals surface area contributed by atoms with Gasteiger partial charge in [-0.05, 0) is 43.5 Å². The molecule has 142 valence electrons. The monoisotopic (exact) mass is 377 g/mol. The van der Waals surface area contributed by atoms with Gasteiger partial charge in [-0.15, -0.1) is 0 Å². The summed E-state index contributed by atoms with van der Waals surface area (Å²) >= 11 is 0. The lowest BCUT2D eigenvalue weighted by Crippen LogP contribution is -2.44. The van der Waals surface area contributed by atoms with Crippen LogP contribution in [0.25, 0.3) is 0 Å². The maximum atomic E-state index is 13.1. The van der Waals surface area contributed by atoms with Crippen LogP contribution >= 0.6 is 0 Å². The van der Waals surface area contributed by atoms with Gasteiger partial charge in [0.15, 0.2) is 9.84 Å². The van der Waals surface area contributed by atoms with Crippen molar-refractivity contribution in [2.45, 2.75) is 25.7 Å². The Hall–Kier alpha value is -1.60. The largest absolute Gasteiger partial charge is 0.369 e. The zero-order chi connectivity index (χ0) is 18.2. The van der Waals surface area contributed by atoms with Crippen molar-refractivity contribution in [1.82, 2.24) is 5.32 Å². The lowest BCUT2D eigenvalue weighted by molar-refractivity contribution is -0.128. The van der Waals surface area contributed by atoms with Crippen LogP contribution in [-0.4, -0.2) is 52.0 Å². The van der Waals surface area contributed by atoms with Crippen molar-refractivity contribution >= 4 is 27.1 Å². The zero-order valence-corrected chi connectivity index (χ0v) is 15.9. The van der Waals surface area contributed by atoms with E-state index in [-0.39, 0.29) is 22.8 Å². The van der Waals surface area contributed by atoms with Gasteiger partial charge in [0.05, 0.1) is 16.9 Å². The van der Waals surface area contributed by atoms with Gasteiger partial charge in [-0.3, -0.25) is 4.79 Å². The normalized spacial score (nSPS) is 30.6. The van der Waals surface area contributed by atoms with Crippen LogP contribution in [-0.2, 0) is 14.6 Å². The van der Waals surface area contributed by atoms with Gasteiger partial charge in [-0.1, -0.05) is 18.9 Å². The summed E-state index contributed by atoms with van der Waals surface area (Å²) < 4.78 is 23.3. The molecule has 1 aromatic carbocycles. The number of carbonyl (C=O) groups excluding carboxylic acids is 1. The Balaban J connectivity index is 1.48. The van der Waals surface area contributed by atoms with E-state index in [9.17, 15) is 13.2 Å². The number of sulfone groups is 1. The van der Waals surface area contributed by atoms with Crippen molar-refractivity contribution < 1.29 is 13.2 Å². The molecule has 2 aliphatic heterocycles. The van der Waals surface area contributed by atoms with Gasteiger partial charge in [0, 0.05) is 31.0 Å². The summed E-state index contributed by atoms with van der Waals surface area (Å²) in [5.41, 5.74) is 1.50. The van der Waals surface area contributed by atoms with Crippen LogP contribution in [0.2, 0.25) is 0 Å². The molecule has 0 unspecified atom stereocenters. The minimum atomic E-state index is -2.90. The van der Waals surface area contributed by atoms with Crippen molar-refractivity contribution in [3.63, 3.8) is 0 Å². The number of nitrogens with one attached hydrogen (secondary N) is 2. The molecule has 2 N–H and O–H groups in total. The Morgan fingerprint density at radius 2 is 2.04 bits per heavy atom. The Morgan fingerprint density at radius 3 is 2.85 bits per heavy atom. The highest BCUT2D eigenvalue weighted by Crippen LogP contribution is 2.44. The van der Waals surface area contributed by atoms with Crippen LogP contribution in [0.15, 0.2) is 24.3 Å². The van der Waals surface area contributed by atoms with Crippen LogP contribution in [0.1, 0.15) is 25.7 Å². The molecule has 6 nitrogen and oxygen atoms in total. The topological polar surface area (TPSA) is 78.5 Å². The van der Waals surface area contributed by atoms with Crippen molar-refractivity contribution in [1.29, 1.82) is 0 Å². The van der Waals surface area contributed by atoms with E-state index in [1.54, 1.807) is 0 Å². The number of hydrogen-bond donors (Lipinski definition) is 2. The minimum Gasteiger partial charge on any atom is -0.369 e. The van der Waals surface area contributed by atoms with E-state index in [2.05, 4.69) is 15.5 Å². The quantitative estimate of drug-likeness (QED) is 0.837. The first-order valence-electron chi connectivity index (χ1n) is 9.56. The molecule has 0 aromatic heterocycles. The molecule has 0 bridgehead atoms. The second-order valence-corrected chi connectivity index (χ2v) is 10.2. The molecule has 0 radical (unpaired) electrons. The number of amides is 1. The fourth-order valence-electron chi connectivity index (χ4n) is 4.70. The molecule has 7 heteroatoms. The highest BCUT2D eigenvalue weighted by molar-refractivity contribution is 7.91. The number of rotatable bonds is 3. The maximum Gasteiger partial charge on any atom is 0.232 e. The zero-order valence-electron chi connectivity index (χ0n) is 15.0. The van der Waals surface area contributed by atoms with Gasteiger partial charge in [0.2, 0.25) is 5.91 Å². The van der Waals surface area contributed by atoms with Crippen LogP contribution in [0.3, 0.4) is 0 Å². The third-order valence-electron chi connectivity index (χ3n) is 6.30. The molecule has 26 heavy (non-hydrogen) atoms. The second-order valence-electron chi connectivity index (χ2n) is 7.87. The second kappa shape index (κ2) is 6.85. The Labute approximate surface area is 155 Å². The van der Waals surface area contributed by atoms with Crippen molar-refractivity contribution in [2.24, 2.45) is 11.3 Å². The van der Waals surface area contributed by atoms with E-state index in [0.29, 0.717) is 19.0 Å². The van der Waals surface area contributed by atoms with Crippen molar-refractivity contribution in [2.75, 3.05) is 47.9 Å². The first kappa shape index (κ1) is 17.8. The lowest BCUT2D eigenvalue weighted by Gasteiger charge is -2.37. The smallest absolute Gasteiger partial charge is 0.232 e. The standard InChI is InChI=1S/C19H27N3O3S/c23-18(19-7-2-1-4-15(19)13-20-14-19)21-16-5-3-6-17(12-16)22-8-10-26(24,25)11-9-22/h3,5-6,12,15,20H,1-2,4,7-11,13-14H2,(H,21,23)/t15-,19+/m0/s1. The summed E-state index contributed by atoms with van der Waals surface area (Å²) in [4.78, 5) is 15.2. The molecule has 1 aromatic rings. The molecule has 4 rings (SSSR count). The van der Waals surface area contributed by atoms with Crippen LogP contribution in [0.5, 0.6) is 0 Å². The van der Waals surface area contributed by atoms with Crippen molar-refractivity contribution in [3.05, 3.63) is 24.3 Å².